The van der Waals surface area contributed by atoms with Crippen LogP contribution in [-0.4, -0.2) is 27.0 Å². The first kappa shape index (κ1) is 23.0. The molecule has 0 aliphatic carbocycles. The summed E-state index contributed by atoms with van der Waals surface area (Å²) < 4.78 is 1.93. The van der Waals surface area contributed by atoms with Crippen molar-refractivity contribution in [2.45, 2.75) is 32.5 Å². The Kier molecular flexibility index (Phi) is 7.11. The standard InChI is InChI=1S/C26H25N3O2S2/c1-17-13-18(2)24(19(3)14-17)23(30)16-33-26-27-10-11-29(26)21-8-6-20(7-9-21)25(31)28-15-22-5-4-12-32-22/h4-14H,15-16H2,1-3H3,(H,28,31). The Bertz CT molecular complexity index is 1250. The number of amides is 1. The molecular formula is C26H25N3O2S2. The maximum Gasteiger partial charge on any atom is 0.251 e. The van der Waals surface area contributed by atoms with E-state index in [-0.39, 0.29) is 11.7 Å². The summed E-state index contributed by atoms with van der Waals surface area (Å²) in [5.41, 5.74) is 5.46. The lowest BCUT2D eigenvalue weighted by Gasteiger charge is -2.11. The van der Waals surface area contributed by atoms with E-state index in [2.05, 4.69) is 10.3 Å². The van der Waals surface area contributed by atoms with E-state index >= 15 is 0 Å². The number of aryl methyl sites for hydroxylation is 3. The fourth-order valence-corrected chi connectivity index (χ4v) is 5.36. The van der Waals surface area contributed by atoms with Gasteiger partial charge in [-0.3, -0.25) is 14.2 Å². The van der Waals surface area contributed by atoms with Crippen LogP contribution < -0.4 is 5.32 Å². The molecule has 168 valence electrons. The molecule has 4 rings (SSSR count). The van der Waals surface area contributed by atoms with Gasteiger partial charge in [-0.15, -0.1) is 11.3 Å². The van der Waals surface area contributed by atoms with Crippen molar-refractivity contribution in [3.05, 3.63) is 99.0 Å². The summed E-state index contributed by atoms with van der Waals surface area (Å²) in [6, 6.07) is 15.4. The second kappa shape index (κ2) is 10.2. The largest absolute Gasteiger partial charge is 0.347 e. The normalized spacial score (nSPS) is 10.9. The molecule has 5 nitrogen and oxygen atoms in total. The lowest BCUT2D eigenvalue weighted by atomic mass is 9.97. The number of benzene rings is 2. The maximum absolute atomic E-state index is 12.9. The Labute approximate surface area is 201 Å². The third-order valence-corrected chi connectivity index (χ3v) is 7.15. The fourth-order valence-electron chi connectivity index (χ4n) is 3.87. The molecule has 0 saturated carbocycles. The molecule has 7 heteroatoms. The zero-order chi connectivity index (χ0) is 23.4. The van der Waals surface area contributed by atoms with Gasteiger partial charge in [0, 0.05) is 34.1 Å². The van der Waals surface area contributed by atoms with E-state index < -0.39 is 0 Å². The average molecular weight is 476 g/mol. The number of thioether (sulfide) groups is 1. The van der Waals surface area contributed by atoms with Crippen molar-refractivity contribution in [2.24, 2.45) is 0 Å². The van der Waals surface area contributed by atoms with Crippen molar-refractivity contribution in [3.63, 3.8) is 0 Å². The van der Waals surface area contributed by atoms with Crippen LogP contribution in [0, 0.1) is 20.8 Å². The van der Waals surface area contributed by atoms with Crippen molar-refractivity contribution >= 4 is 34.8 Å². The number of Topliss-reactive ketones (excluding diaryl/α,β-unsaturated/α-hetero) is 1. The molecule has 2 heterocycles. The molecule has 0 atom stereocenters. The summed E-state index contributed by atoms with van der Waals surface area (Å²) in [5.74, 6) is 0.303. The van der Waals surface area contributed by atoms with Crippen molar-refractivity contribution in [2.75, 3.05) is 5.75 Å². The van der Waals surface area contributed by atoms with Gasteiger partial charge in [-0.25, -0.2) is 4.98 Å². The summed E-state index contributed by atoms with van der Waals surface area (Å²) in [6.45, 7) is 6.53. The summed E-state index contributed by atoms with van der Waals surface area (Å²) in [5, 5.41) is 5.67. The van der Waals surface area contributed by atoms with Gasteiger partial charge in [0.05, 0.1) is 12.3 Å². The van der Waals surface area contributed by atoms with Gasteiger partial charge in [-0.2, -0.15) is 0 Å². The van der Waals surface area contributed by atoms with Crippen LogP contribution in [0.15, 0.2) is 71.5 Å². The van der Waals surface area contributed by atoms with Crippen molar-refractivity contribution < 1.29 is 9.59 Å². The Morgan fingerprint density at radius 3 is 2.45 bits per heavy atom. The van der Waals surface area contributed by atoms with Crippen LogP contribution in [-0.2, 0) is 6.54 Å². The monoisotopic (exact) mass is 475 g/mol. The first-order valence-corrected chi connectivity index (χ1v) is 12.5. The number of carbonyl (C=O) groups is 2. The number of imidazole rings is 1. The number of ketones is 1. The van der Waals surface area contributed by atoms with Crippen LogP contribution in [0.2, 0.25) is 0 Å². The Morgan fingerprint density at radius 2 is 1.79 bits per heavy atom. The van der Waals surface area contributed by atoms with E-state index in [0.29, 0.717) is 17.9 Å². The number of hydrogen-bond acceptors (Lipinski definition) is 5. The highest BCUT2D eigenvalue weighted by atomic mass is 32.2. The second-order valence-electron chi connectivity index (χ2n) is 7.87. The molecule has 0 aliphatic heterocycles. The Morgan fingerprint density at radius 1 is 1.06 bits per heavy atom. The third kappa shape index (κ3) is 5.43. The van der Waals surface area contributed by atoms with Crippen LogP contribution in [0.1, 0.15) is 42.3 Å². The molecule has 0 aliphatic rings. The molecule has 0 spiro atoms. The van der Waals surface area contributed by atoms with E-state index in [1.165, 1.54) is 11.8 Å². The first-order chi connectivity index (χ1) is 15.9. The number of nitrogens with zero attached hydrogens (tertiary/aromatic N) is 2. The zero-order valence-electron chi connectivity index (χ0n) is 18.8. The van der Waals surface area contributed by atoms with E-state index in [1.807, 2.05) is 73.3 Å². The van der Waals surface area contributed by atoms with Gasteiger partial charge >= 0.3 is 0 Å². The maximum atomic E-state index is 12.9. The van der Waals surface area contributed by atoms with E-state index in [4.69, 9.17) is 0 Å². The van der Waals surface area contributed by atoms with E-state index in [9.17, 15) is 9.59 Å². The Balaban J connectivity index is 1.42. The summed E-state index contributed by atoms with van der Waals surface area (Å²) in [7, 11) is 0. The van der Waals surface area contributed by atoms with Gasteiger partial charge in [0.25, 0.3) is 5.91 Å². The van der Waals surface area contributed by atoms with Gasteiger partial charge < -0.3 is 5.32 Å². The van der Waals surface area contributed by atoms with Crippen molar-refractivity contribution in [1.82, 2.24) is 14.9 Å². The number of thiophene rings is 1. The van der Waals surface area contributed by atoms with Gasteiger partial charge in [0.2, 0.25) is 0 Å². The molecule has 0 bridgehead atoms. The lowest BCUT2D eigenvalue weighted by Crippen LogP contribution is -2.22. The quantitative estimate of drug-likeness (QED) is 0.260. The topological polar surface area (TPSA) is 64.0 Å². The highest BCUT2D eigenvalue weighted by molar-refractivity contribution is 7.99. The van der Waals surface area contributed by atoms with E-state index in [1.54, 1.807) is 29.7 Å². The molecule has 0 fully saturated rings. The molecule has 0 saturated heterocycles. The fraction of sp³-hybridized carbons (Fsp3) is 0.192. The lowest BCUT2D eigenvalue weighted by molar-refractivity contribution is 0.0950. The predicted molar refractivity (Wildman–Crippen MR) is 135 cm³/mol. The second-order valence-corrected chi connectivity index (χ2v) is 9.85. The van der Waals surface area contributed by atoms with Crippen LogP contribution in [0.5, 0.6) is 0 Å². The number of carbonyl (C=O) groups excluding carboxylic acids is 2. The highest BCUT2D eigenvalue weighted by Crippen LogP contribution is 2.24. The molecule has 4 aromatic rings. The number of nitrogens with one attached hydrogen (secondary N) is 1. The van der Waals surface area contributed by atoms with Crippen molar-refractivity contribution in [3.8, 4) is 5.69 Å². The summed E-state index contributed by atoms with van der Waals surface area (Å²) in [4.78, 5) is 30.9. The molecule has 33 heavy (non-hydrogen) atoms. The summed E-state index contributed by atoms with van der Waals surface area (Å²) >= 11 is 3.03. The molecule has 2 aromatic carbocycles. The van der Waals surface area contributed by atoms with Gasteiger partial charge in [-0.05, 0) is 67.6 Å². The predicted octanol–water partition coefficient (Wildman–Crippen LogP) is 5.76. The first-order valence-electron chi connectivity index (χ1n) is 10.6. The molecular weight excluding hydrogens is 450 g/mol. The van der Waals surface area contributed by atoms with E-state index in [0.717, 1.165) is 38.0 Å². The SMILES string of the molecule is Cc1cc(C)c(C(=O)CSc2nccn2-c2ccc(C(=O)NCc3cccs3)cc2)c(C)c1. The van der Waals surface area contributed by atoms with Crippen LogP contribution in [0.3, 0.4) is 0 Å². The third-order valence-electron chi connectivity index (χ3n) is 5.31. The van der Waals surface area contributed by atoms with Crippen LogP contribution >= 0.6 is 23.1 Å². The number of aromatic nitrogens is 2. The van der Waals surface area contributed by atoms with Crippen LogP contribution in [0.25, 0.3) is 5.69 Å². The zero-order valence-corrected chi connectivity index (χ0v) is 20.4. The summed E-state index contributed by atoms with van der Waals surface area (Å²) in [6.07, 6.45) is 3.58. The smallest absolute Gasteiger partial charge is 0.251 e. The molecule has 0 unspecified atom stereocenters. The van der Waals surface area contributed by atoms with Gasteiger partial charge in [0.1, 0.15) is 0 Å². The van der Waals surface area contributed by atoms with Gasteiger partial charge in [0.15, 0.2) is 10.9 Å². The minimum absolute atomic E-state index is 0.0994. The van der Waals surface area contributed by atoms with Crippen molar-refractivity contribution in [1.29, 1.82) is 0 Å². The minimum Gasteiger partial charge on any atom is -0.347 e. The molecule has 2 aromatic heterocycles. The molecule has 1 N–H and O–H groups in total. The number of hydrogen-bond donors (Lipinski definition) is 1. The van der Waals surface area contributed by atoms with Gasteiger partial charge in [-0.1, -0.05) is 35.5 Å². The van der Waals surface area contributed by atoms with Crippen LogP contribution in [0.4, 0.5) is 0 Å². The minimum atomic E-state index is -0.107. The number of rotatable bonds is 8. The molecule has 1 amide bonds. The Hall–Kier alpha value is -3.16. The highest BCUT2D eigenvalue weighted by Gasteiger charge is 2.15. The molecule has 0 radical (unpaired) electrons. The average Bonchev–Trinajstić information content (AvgIpc) is 3.47.